The lowest BCUT2D eigenvalue weighted by Crippen LogP contribution is -2.10. The van der Waals surface area contributed by atoms with Crippen LogP contribution in [-0.4, -0.2) is 4.57 Å². The summed E-state index contributed by atoms with van der Waals surface area (Å²) in [4.78, 5) is 2.34. The molecule has 0 bridgehead atoms. The smallest absolute Gasteiger partial charge is 0.145 e. The van der Waals surface area contributed by atoms with Crippen molar-refractivity contribution in [1.29, 1.82) is 0 Å². The zero-order chi connectivity index (χ0) is 38.2. The van der Waals surface area contributed by atoms with Gasteiger partial charge in [0, 0.05) is 61.2 Å². The van der Waals surface area contributed by atoms with Crippen LogP contribution in [0, 0.1) is 0 Å². The third-order valence-electron chi connectivity index (χ3n) is 11.6. The Hall–Kier alpha value is -7.82. The number of furan rings is 2. The summed E-state index contributed by atoms with van der Waals surface area (Å²) >= 11 is 0. The van der Waals surface area contributed by atoms with Gasteiger partial charge in [0.2, 0.25) is 0 Å². The molecular formula is C54H34N2O2. The Morgan fingerprint density at radius 2 is 1.00 bits per heavy atom. The Labute approximate surface area is 334 Å². The molecule has 0 aliphatic rings. The van der Waals surface area contributed by atoms with E-state index in [-0.39, 0.29) is 0 Å². The van der Waals surface area contributed by atoms with E-state index >= 15 is 0 Å². The van der Waals surface area contributed by atoms with Gasteiger partial charge in [0.1, 0.15) is 22.3 Å². The zero-order valence-corrected chi connectivity index (χ0v) is 31.3. The summed E-state index contributed by atoms with van der Waals surface area (Å²) in [6.45, 7) is 0. The quantitative estimate of drug-likeness (QED) is 0.170. The van der Waals surface area contributed by atoms with E-state index in [1.54, 1.807) is 0 Å². The van der Waals surface area contributed by atoms with Crippen LogP contribution in [0.5, 0.6) is 0 Å². The molecule has 0 atom stereocenters. The second kappa shape index (κ2) is 12.9. The lowest BCUT2D eigenvalue weighted by molar-refractivity contribution is 0.669. The summed E-state index contributed by atoms with van der Waals surface area (Å²) in [5.41, 5.74) is 14.3. The van der Waals surface area contributed by atoms with E-state index in [4.69, 9.17) is 8.83 Å². The minimum atomic E-state index is 0.840. The Kier molecular flexibility index (Phi) is 7.20. The molecule has 0 unspecified atom stereocenters. The highest BCUT2D eigenvalue weighted by Crippen LogP contribution is 2.49. The highest BCUT2D eigenvalue weighted by atomic mass is 16.3. The molecule has 4 nitrogen and oxygen atoms in total. The molecule has 58 heavy (non-hydrogen) atoms. The minimum absolute atomic E-state index is 0.840. The first kappa shape index (κ1) is 32.4. The van der Waals surface area contributed by atoms with Crippen molar-refractivity contribution in [3.8, 4) is 27.9 Å². The first-order valence-electron chi connectivity index (χ1n) is 19.7. The molecule has 9 aromatic carbocycles. The van der Waals surface area contributed by atoms with Crippen LogP contribution in [0.3, 0.4) is 0 Å². The molecule has 4 heteroatoms. The molecule has 12 aromatic rings. The van der Waals surface area contributed by atoms with Gasteiger partial charge in [-0.15, -0.1) is 0 Å². The highest BCUT2D eigenvalue weighted by Gasteiger charge is 2.25. The SMILES string of the molecule is c1ccc(-c2ccc(N(c3ccc4c(c3)oc3ccccc34)c3ccc(-c4cccc5c6ccccc6n(-c6ccccc6)c45)c4oc5ccccc5c34)cc2)cc1. The summed E-state index contributed by atoms with van der Waals surface area (Å²) in [7, 11) is 0. The number of nitrogens with zero attached hydrogens (tertiary/aromatic N) is 2. The van der Waals surface area contributed by atoms with Crippen LogP contribution in [-0.2, 0) is 0 Å². The van der Waals surface area contributed by atoms with Crippen molar-refractivity contribution in [2.45, 2.75) is 0 Å². The van der Waals surface area contributed by atoms with Gasteiger partial charge in [0.05, 0.1) is 22.1 Å². The molecular weight excluding hydrogens is 709 g/mol. The molecule has 0 N–H and O–H groups in total. The lowest BCUT2D eigenvalue weighted by atomic mass is 9.97. The largest absolute Gasteiger partial charge is 0.456 e. The standard InChI is InChI=1S/C54H34N2O2/c1-3-14-35(15-4-1)36-26-28-38(29-27-36)55(39-30-31-42-41-19-8-11-24-49(41)57-51(42)34-39)48-33-32-45(54-52(48)46-20-9-12-25-50(46)58-54)44-22-13-21-43-40-18-7-10-23-47(40)56(53(43)44)37-16-5-2-6-17-37/h1-34H. The predicted octanol–water partition coefficient (Wildman–Crippen LogP) is 15.4. The normalized spacial score (nSPS) is 11.8. The number of para-hydroxylation sites is 5. The highest BCUT2D eigenvalue weighted by molar-refractivity contribution is 6.21. The third kappa shape index (κ3) is 4.95. The number of anilines is 3. The van der Waals surface area contributed by atoms with Crippen LogP contribution in [0.15, 0.2) is 215 Å². The first-order valence-corrected chi connectivity index (χ1v) is 19.7. The van der Waals surface area contributed by atoms with Crippen LogP contribution in [0.4, 0.5) is 17.1 Å². The molecule has 0 radical (unpaired) electrons. The van der Waals surface area contributed by atoms with Gasteiger partial charge in [-0.3, -0.25) is 0 Å². The molecule has 0 spiro atoms. The molecule has 12 rings (SSSR count). The maximum atomic E-state index is 7.00. The van der Waals surface area contributed by atoms with E-state index in [1.807, 2.05) is 18.2 Å². The fourth-order valence-electron chi connectivity index (χ4n) is 9.00. The molecule has 0 aliphatic heterocycles. The van der Waals surface area contributed by atoms with Gasteiger partial charge in [-0.1, -0.05) is 133 Å². The molecule has 0 fully saturated rings. The van der Waals surface area contributed by atoms with Crippen molar-refractivity contribution >= 4 is 82.7 Å². The van der Waals surface area contributed by atoms with Gasteiger partial charge in [0.15, 0.2) is 0 Å². The van der Waals surface area contributed by atoms with Gasteiger partial charge in [-0.25, -0.2) is 0 Å². The van der Waals surface area contributed by atoms with E-state index < -0.39 is 0 Å². The average Bonchev–Trinajstić information content (AvgIpc) is 3.97. The first-order chi connectivity index (χ1) is 28.8. The Morgan fingerprint density at radius 1 is 0.379 bits per heavy atom. The van der Waals surface area contributed by atoms with E-state index in [9.17, 15) is 0 Å². The minimum Gasteiger partial charge on any atom is -0.456 e. The predicted molar refractivity (Wildman–Crippen MR) is 241 cm³/mol. The van der Waals surface area contributed by atoms with Crippen molar-refractivity contribution in [2.75, 3.05) is 4.90 Å². The molecule has 0 aliphatic carbocycles. The van der Waals surface area contributed by atoms with E-state index in [2.05, 4.69) is 198 Å². The molecule has 0 saturated carbocycles. The van der Waals surface area contributed by atoms with Crippen LogP contribution in [0.25, 0.3) is 93.6 Å². The maximum absolute atomic E-state index is 7.00. The molecule has 0 amide bonds. The fourth-order valence-corrected chi connectivity index (χ4v) is 9.00. The van der Waals surface area contributed by atoms with Gasteiger partial charge >= 0.3 is 0 Å². The topological polar surface area (TPSA) is 34.5 Å². The van der Waals surface area contributed by atoms with Gasteiger partial charge in [0.25, 0.3) is 0 Å². The summed E-state index contributed by atoms with van der Waals surface area (Å²) in [5, 5.41) is 6.72. The summed E-state index contributed by atoms with van der Waals surface area (Å²) in [6.07, 6.45) is 0. The van der Waals surface area contributed by atoms with Gasteiger partial charge in [-0.2, -0.15) is 0 Å². The number of hydrogen-bond donors (Lipinski definition) is 0. The summed E-state index contributed by atoms with van der Waals surface area (Å²) < 4.78 is 15.9. The second-order valence-corrected chi connectivity index (χ2v) is 14.9. The van der Waals surface area contributed by atoms with Crippen molar-refractivity contribution in [2.24, 2.45) is 0 Å². The molecule has 0 saturated heterocycles. The lowest BCUT2D eigenvalue weighted by Gasteiger charge is -2.27. The summed E-state index contributed by atoms with van der Waals surface area (Å²) in [5.74, 6) is 0. The Morgan fingerprint density at radius 3 is 1.81 bits per heavy atom. The summed E-state index contributed by atoms with van der Waals surface area (Å²) in [6, 6.07) is 73.1. The molecule has 3 heterocycles. The van der Waals surface area contributed by atoms with Crippen LogP contribution < -0.4 is 4.90 Å². The molecule has 272 valence electrons. The zero-order valence-electron chi connectivity index (χ0n) is 31.3. The van der Waals surface area contributed by atoms with Crippen molar-refractivity contribution in [3.63, 3.8) is 0 Å². The van der Waals surface area contributed by atoms with Crippen molar-refractivity contribution in [1.82, 2.24) is 4.57 Å². The van der Waals surface area contributed by atoms with Crippen LogP contribution in [0.1, 0.15) is 0 Å². The average molecular weight is 743 g/mol. The Bertz CT molecular complexity index is 3500. The number of fused-ring (bicyclic) bond motifs is 9. The monoisotopic (exact) mass is 742 g/mol. The van der Waals surface area contributed by atoms with Crippen molar-refractivity contribution in [3.05, 3.63) is 206 Å². The van der Waals surface area contributed by atoms with E-state index in [0.717, 1.165) is 88.8 Å². The third-order valence-corrected chi connectivity index (χ3v) is 11.6. The van der Waals surface area contributed by atoms with Crippen molar-refractivity contribution < 1.29 is 8.83 Å². The van der Waals surface area contributed by atoms with Crippen LogP contribution >= 0.6 is 0 Å². The molecule has 3 aromatic heterocycles. The van der Waals surface area contributed by atoms with Crippen LogP contribution in [0.2, 0.25) is 0 Å². The fraction of sp³-hybridized carbons (Fsp3) is 0. The number of benzene rings is 9. The number of aromatic nitrogens is 1. The number of hydrogen-bond acceptors (Lipinski definition) is 3. The van der Waals surface area contributed by atoms with Gasteiger partial charge in [-0.05, 0) is 77.9 Å². The second-order valence-electron chi connectivity index (χ2n) is 14.9. The van der Waals surface area contributed by atoms with E-state index in [0.29, 0.717) is 0 Å². The number of rotatable bonds is 6. The Balaban J connectivity index is 1.14. The maximum Gasteiger partial charge on any atom is 0.145 e. The van der Waals surface area contributed by atoms with Gasteiger partial charge < -0.3 is 18.3 Å². The van der Waals surface area contributed by atoms with E-state index in [1.165, 1.54) is 21.9 Å².